The zero-order chi connectivity index (χ0) is 16.2. The van der Waals surface area contributed by atoms with E-state index in [4.69, 9.17) is 5.26 Å². The minimum absolute atomic E-state index is 0.0684. The topological polar surface area (TPSA) is 71.0 Å². The molecule has 0 radical (unpaired) electrons. The lowest BCUT2D eigenvalue weighted by atomic mass is 10.2. The Morgan fingerprint density at radius 1 is 1.30 bits per heavy atom. The molecule has 0 amide bonds. The summed E-state index contributed by atoms with van der Waals surface area (Å²) >= 11 is 1.39. The summed E-state index contributed by atoms with van der Waals surface area (Å²) in [6.07, 6.45) is 2.52. The molecule has 1 aromatic carbocycles. The Balaban J connectivity index is 2.26. The van der Waals surface area contributed by atoms with Crippen LogP contribution in [0.2, 0.25) is 0 Å². The van der Waals surface area contributed by atoms with Gasteiger partial charge in [-0.3, -0.25) is 9.36 Å². The van der Waals surface area contributed by atoms with Crippen LogP contribution in [-0.4, -0.2) is 9.55 Å². The second-order valence-corrected chi connectivity index (χ2v) is 5.92. The molecule has 0 aliphatic heterocycles. The Morgan fingerprint density at radius 3 is 2.78 bits per heavy atom. The standard InChI is InChI=1S/C17H14N4OS/c1-2-10-21-16(22)14-4-3-9-19-15(14)23-17(21)20-13-7-5-12(11-18)6-8-13/h3-9H,2,10H2,1H3/b20-17-. The number of hydrogen-bond acceptors (Lipinski definition) is 5. The van der Waals surface area contributed by atoms with Crippen molar-refractivity contribution in [3.8, 4) is 6.07 Å². The van der Waals surface area contributed by atoms with Gasteiger partial charge in [0.25, 0.3) is 5.56 Å². The predicted molar refractivity (Wildman–Crippen MR) is 90.6 cm³/mol. The van der Waals surface area contributed by atoms with Crippen molar-refractivity contribution in [1.29, 1.82) is 5.26 Å². The summed E-state index contributed by atoms with van der Waals surface area (Å²) in [5.41, 5.74) is 1.22. The number of nitrogens with zero attached hydrogens (tertiary/aromatic N) is 4. The average molecular weight is 322 g/mol. The zero-order valence-electron chi connectivity index (χ0n) is 12.6. The fraction of sp³-hybridized carbons (Fsp3) is 0.176. The lowest BCUT2D eigenvalue weighted by molar-refractivity contribution is 0.640. The minimum Gasteiger partial charge on any atom is -0.284 e. The van der Waals surface area contributed by atoms with Crippen LogP contribution in [0.4, 0.5) is 5.69 Å². The quantitative estimate of drug-likeness (QED) is 0.744. The van der Waals surface area contributed by atoms with E-state index in [2.05, 4.69) is 16.0 Å². The fourth-order valence-corrected chi connectivity index (χ4v) is 3.22. The molecule has 0 aliphatic carbocycles. The van der Waals surface area contributed by atoms with Gasteiger partial charge in [-0.15, -0.1) is 0 Å². The number of rotatable bonds is 3. The zero-order valence-corrected chi connectivity index (χ0v) is 13.4. The Bertz CT molecular complexity index is 1010. The van der Waals surface area contributed by atoms with Crippen LogP contribution in [0.15, 0.2) is 52.4 Å². The molecule has 0 saturated carbocycles. The highest BCUT2D eigenvalue weighted by atomic mass is 32.1. The van der Waals surface area contributed by atoms with E-state index < -0.39 is 0 Å². The smallest absolute Gasteiger partial charge is 0.263 e. The molecule has 2 aromatic heterocycles. The number of hydrogen-bond donors (Lipinski definition) is 0. The molecule has 3 aromatic rings. The molecule has 0 unspecified atom stereocenters. The molecule has 5 nitrogen and oxygen atoms in total. The highest BCUT2D eigenvalue weighted by molar-refractivity contribution is 7.15. The normalized spacial score (nSPS) is 11.6. The molecule has 0 aliphatic rings. The summed E-state index contributed by atoms with van der Waals surface area (Å²) in [5, 5.41) is 9.47. The van der Waals surface area contributed by atoms with E-state index in [-0.39, 0.29) is 5.56 Å². The minimum atomic E-state index is -0.0684. The fourth-order valence-electron chi connectivity index (χ4n) is 2.23. The van der Waals surface area contributed by atoms with Crippen LogP contribution in [0.5, 0.6) is 0 Å². The van der Waals surface area contributed by atoms with E-state index in [0.717, 1.165) is 6.42 Å². The Labute approximate surface area is 136 Å². The maximum Gasteiger partial charge on any atom is 0.263 e. The van der Waals surface area contributed by atoms with Gasteiger partial charge in [0.05, 0.1) is 22.7 Å². The van der Waals surface area contributed by atoms with Crippen LogP contribution < -0.4 is 10.4 Å². The van der Waals surface area contributed by atoms with Gasteiger partial charge in [-0.25, -0.2) is 9.98 Å². The molecule has 0 fully saturated rings. The van der Waals surface area contributed by atoms with Crippen molar-refractivity contribution >= 4 is 27.2 Å². The molecule has 0 bridgehead atoms. The van der Waals surface area contributed by atoms with E-state index in [1.54, 1.807) is 47.2 Å². The van der Waals surface area contributed by atoms with Crippen LogP contribution in [0.1, 0.15) is 18.9 Å². The molecular weight excluding hydrogens is 308 g/mol. The van der Waals surface area contributed by atoms with Gasteiger partial charge in [0, 0.05) is 12.7 Å². The summed E-state index contributed by atoms with van der Waals surface area (Å²) in [6.45, 7) is 2.63. The first-order valence-electron chi connectivity index (χ1n) is 7.26. The SMILES string of the molecule is CCCn1c(=O)c2cccnc2s/c1=N\c1ccc(C#N)cc1. The lowest BCUT2D eigenvalue weighted by Crippen LogP contribution is -2.31. The van der Waals surface area contributed by atoms with Crippen LogP contribution >= 0.6 is 11.3 Å². The van der Waals surface area contributed by atoms with Gasteiger partial charge in [0.1, 0.15) is 4.83 Å². The van der Waals surface area contributed by atoms with E-state index in [1.165, 1.54) is 11.3 Å². The molecule has 0 saturated heterocycles. The van der Waals surface area contributed by atoms with Gasteiger partial charge in [-0.1, -0.05) is 18.3 Å². The first-order chi connectivity index (χ1) is 11.2. The second-order valence-electron chi connectivity index (χ2n) is 4.97. The molecule has 23 heavy (non-hydrogen) atoms. The third-order valence-electron chi connectivity index (χ3n) is 3.33. The van der Waals surface area contributed by atoms with Crippen molar-refractivity contribution in [2.45, 2.75) is 19.9 Å². The summed E-state index contributed by atoms with van der Waals surface area (Å²) in [4.78, 5) is 22.8. The van der Waals surface area contributed by atoms with Crippen molar-refractivity contribution in [2.24, 2.45) is 4.99 Å². The number of nitriles is 1. The molecule has 0 atom stereocenters. The average Bonchev–Trinajstić information content (AvgIpc) is 2.59. The van der Waals surface area contributed by atoms with E-state index in [1.807, 2.05) is 6.92 Å². The van der Waals surface area contributed by atoms with Gasteiger partial charge < -0.3 is 0 Å². The Hall–Kier alpha value is -2.78. The van der Waals surface area contributed by atoms with Crippen molar-refractivity contribution in [1.82, 2.24) is 9.55 Å². The van der Waals surface area contributed by atoms with Crippen LogP contribution in [-0.2, 0) is 6.54 Å². The van der Waals surface area contributed by atoms with E-state index in [0.29, 0.717) is 32.8 Å². The molecule has 6 heteroatoms. The van der Waals surface area contributed by atoms with Gasteiger partial charge in [0.15, 0.2) is 4.80 Å². The Kier molecular flexibility index (Phi) is 4.31. The highest BCUT2D eigenvalue weighted by Gasteiger charge is 2.07. The van der Waals surface area contributed by atoms with Gasteiger partial charge in [-0.2, -0.15) is 5.26 Å². The van der Waals surface area contributed by atoms with Gasteiger partial charge in [-0.05, 0) is 42.8 Å². The van der Waals surface area contributed by atoms with Gasteiger partial charge >= 0.3 is 0 Å². The van der Waals surface area contributed by atoms with Crippen LogP contribution in [0, 0.1) is 11.3 Å². The van der Waals surface area contributed by atoms with Crippen molar-refractivity contribution < 1.29 is 0 Å². The maximum absolute atomic E-state index is 12.7. The monoisotopic (exact) mass is 322 g/mol. The summed E-state index contributed by atoms with van der Waals surface area (Å²) in [6, 6.07) is 12.6. The lowest BCUT2D eigenvalue weighted by Gasteiger charge is -2.06. The van der Waals surface area contributed by atoms with Crippen LogP contribution in [0.3, 0.4) is 0 Å². The molecule has 2 heterocycles. The number of fused-ring (bicyclic) bond motifs is 1. The third-order valence-corrected chi connectivity index (χ3v) is 4.35. The van der Waals surface area contributed by atoms with E-state index in [9.17, 15) is 4.79 Å². The third kappa shape index (κ3) is 3.05. The summed E-state index contributed by atoms with van der Waals surface area (Å²) < 4.78 is 1.69. The molecule has 3 rings (SSSR count). The molecule has 0 N–H and O–H groups in total. The highest BCUT2D eigenvalue weighted by Crippen LogP contribution is 2.13. The largest absolute Gasteiger partial charge is 0.284 e. The number of benzene rings is 1. The van der Waals surface area contributed by atoms with Crippen LogP contribution in [0.25, 0.3) is 10.2 Å². The molecule has 114 valence electrons. The maximum atomic E-state index is 12.7. The predicted octanol–water partition coefficient (Wildman–Crippen LogP) is 2.97. The number of aromatic nitrogens is 2. The summed E-state index contributed by atoms with van der Waals surface area (Å²) in [7, 11) is 0. The first-order valence-corrected chi connectivity index (χ1v) is 8.08. The van der Waals surface area contributed by atoms with Crippen molar-refractivity contribution in [2.75, 3.05) is 0 Å². The van der Waals surface area contributed by atoms with Crippen molar-refractivity contribution in [3.63, 3.8) is 0 Å². The van der Waals surface area contributed by atoms with Crippen molar-refractivity contribution in [3.05, 3.63) is 63.3 Å². The summed E-state index contributed by atoms with van der Waals surface area (Å²) in [5.74, 6) is 0. The van der Waals surface area contributed by atoms with E-state index >= 15 is 0 Å². The molecule has 0 spiro atoms. The second kappa shape index (κ2) is 6.55. The van der Waals surface area contributed by atoms with Gasteiger partial charge in [0.2, 0.25) is 0 Å². The molecular formula is C17H14N4OS. The Morgan fingerprint density at radius 2 is 2.09 bits per heavy atom. The number of pyridine rings is 1. The first kappa shape index (κ1) is 15.1.